The Labute approximate surface area is 147 Å². The monoisotopic (exact) mass is 342 g/mol. The Morgan fingerprint density at radius 3 is 2.88 bits per heavy atom. The molecule has 1 atom stereocenters. The van der Waals surface area contributed by atoms with Crippen molar-refractivity contribution in [3.05, 3.63) is 48.0 Å². The summed E-state index contributed by atoms with van der Waals surface area (Å²) >= 11 is 0. The van der Waals surface area contributed by atoms with Crippen molar-refractivity contribution in [1.82, 2.24) is 5.32 Å². The van der Waals surface area contributed by atoms with Gasteiger partial charge in [0.1, 0.15) is 12.4 Å². The number of ether oxygens (including phenoxy) is 3. The zero-order valence-electron chi connectivity index (χ0n) is 14.4. The summed E-state index contributed by atoms with van der Waals surface area (Å²) in [5.74, 6) is 2.02. The Balaban J connectivity index is 1.59. The molecule has 0 bridgehead atoms. The number of anilines is 1. The summed E-state index contributed by atoms with van der Waals surface area (Å²) in [6.07, 6.45) is 0. The van der Waals surface area contributed by atoms with E-state index >= 15 is 0 Å². The number of hydrogen-bond acceptors (Lipinski definition) is 5. The smallest absolute Gasteiger partial charge is 0.231 e. The number of hydrogen-bond donors (Lipinski definition) is 2. The second-order valence-electron chi connectivity index (χ2n) is 5.95. The Bertz CT molecular complexity index is 748. The molecule has 2 aromatic carbocycles. The molecule has 0 aromatic heterocycles. The molecule has 3 rings (SSSR count). The van der Waals surface area contributed by atoms with Crippen LogP contribution in [-0.4, -0.2) is 26.3 Å². The summed E-state index contributed by atoms with van der Waals surface area (Å²) in [5, 5.41) is 5.93. The highest BCUT2D eigenvalue weighted by atomic mass is 16.7. The molecular weight excluding hydrogens is 320 g/mol. The molecule has 1 aliphatic rings. The average Bonchev–Trinajstić information content (AvgIpc) is 3.08. The average molecular weight is 342 g/mol. The van der Waals surface area contributed by atoms with Crippen LogP contribution in [0, 0.1) is 5.92 Å². The van der Waals surface area contributed by atoms with Gasteiger partial charge in [0, 0.05) is 24.2 Å². The Morgan fingerprint density at radius 1 is 1.20 bits per heavy atom. The van der Waals surface area contributed by atoms with E-state index in [0.29, 0.717) is 24.7 Å². The lowest BCUT2D eigenvalue weighted by Crippen LogP contribution is -2.28. The molecule has 2 aromatic rings. The van der Waals surface area contributed by atoms with Gasteiger partial charge in [0.25, 0.3) is 0 Å². The quantitative estimate of drug-likeness (QED) is 0.810. The third kappa shape index (κ3) is 4.42. The SMILES string of the molecule is CNCC(C)C(=O)Nc1cccc(COc2ccc3c(c2)OCO3)c1. The van der Waals surface area contributed by atoms with Gasteiger partial charge in [0.05, 0.1) is 0 Å². The zero-order chi connectivity index (χ0) is 17.6. The van der Waals surface area contributed by atoms with Gasteiger partial charge in [-0.15, -0.1) is 0 Å². The number of nitrogens with one attached hydrogen (secondary N) is 2. The van der Waals surface area contributed by atoms with Gasteiger partial charge in [-0.25, -0.2) is 0 Å². The van der Waals surface area contributed by atoms with Crippen LogP contribution in [0.15, 0.2) is 42.5 Å². The van der Waals surface area contributed by atoms with Gasteiger partial charge < -0.3 is 24.8 Å². The third-order valence-electron chi connectivity index (χ3n) is 3.90. The summed E-state index contributed by atoms with van der Waals surface area (Å²) in [7, 11) is 1.83. The van der Waals surface area contributed by atoms with Gasteiger partial charge in [0.15, 0.2) is 11.5 Å². The summed E-state index contributed by atoms with van der Waals surface area (Å²) in [4.78, 5) is 12.1. The number of carbonyl (C=O) groups excluding carboxylic acids is 1. The molecule has 132 valence electrons. The molecule has 0 aliphatic carbocycles. The number of fused-ring (bicyclic) bond motifs is 1. The summed E-state index contributed by atoms with van der Waals surface area (Å²) in [6, 6.07) is 13.1. The summed E-state index contributed by atoms with van der Waals surface area (Å²) in [6.45, 7) is 3.17. The van der Waals surface area contributed by atoms with Crippen LogP contribution in [-0.2, 0) is 11.4 Å². The Morgan fingerprint density at radius 2 is 2.04 bits per heavy atom. The molecule has 6 nitrogen and oxygen atoms in total. The predicted octanol–water partition coefficient (Wildman–Crippen LogP) is 2.79. The third-order valence-corrected chi connectivity index (χ3v) is 3.90. The van der Waals surface area contributed by atoms with E-state index in [9.17, 15) is 4.79 Å². The van der Waals surface area contributed by atoms with E-state index in [-0.39, 0.29) is 18.6 Å². The van der Waals surface area contributed by atoms with E-state index in [1.807, 2.05) is 56.4 Å². The van der Waals surface area contributed by atoms with Gasteiger partial charge in [-0.05, 0) is 36.9 Å². The molecular formula is C19H22N2O4. The van der Waals surface area contributed by atoms with Gasteiger partial charge >= 0.3 is 0 Å². The fourth-order valence-corrected chi connectivity index (χ4v) is 2.54. The van der Waals surface area contributed by atoms with Crippen LogP contribution in [0.4, 0.5) is 5.69 Å². The highest BCUT2D eigenvalue weighted by Crippen LogP contribution is 2.35. The van der Waals surface area contributed by atoms with Crippen LogP contribution in [0.1, 0.15) is 12.5 Å². The topological polar surface area (TPSA) is 68.8 Å². The lowest BCUT2D eigenvalue weighted by Gasteiger charge is -2.13. The van der Waals surface area contributed by atoms with Crippen LogP contribution in [0.5, 0.6) is 17.2 Å². The van der Waals surface area contributed by atoms with E-state index in [1.54, 1.807) is 0 Å². The minimum Gasteiger partial charge on any atom is -0.489 e. The fraction of sp³-hybridized carbons (Fsp3) is 0.316. The minimum atomic E-state index is -0.0986. The zero-order valence-corrected chi connectivity index (χ0v) is 14.4. The molecule has 0 radical (unpaired) electrons. The first-order chi connectivity index (χ1) is 12.2. The largest absolute Gasteiger partial charge is 0.489 e. The maximum Gasteiger partial charge on any atom is 0.231 e. The van der Waals surface area contributed by atoms with Crippen molar-refractivity contribution in [3.8, 4) is 17.2 Å². The molecule has 1 amide bonds. The van der Waals surface area contributed by atoms with Crippen molar-refractivity contribution in [2.75, 3.05) is 25.7 Å². The van der Waals surface area contributed by atoms with Crippen molar-refractivity contribution in [2.24, 2.45) is 5.92 Å². The number of amides is 1. The Hall–Kier alpha value is -2.73. The predicted molar refractivity (Wildman–Crippen MR) is 95.1 cm³/mol. The first-order valence-corrected chi connectivity index (χ1v) is 8.22. The van der Waals surface area contributed by atoms with Crippen molar-refractivity contribution in [3.63, 3.8) is 0 Å². The van der Waals surface area contributed by atoms with E-state index in [1.165, 1.54) is 0 Å². The van der Waals surface area contributed by atoms with Crippen LogP contribution in [0.3, 0.4) is 0 Å². The molecule has 0 spiro atoms. The molecule has 0 saturated heterocycles. The normalized spacial score (nSPS) is 13.4. The minimum absolute atomic E-state index is 0.0109. The molecule has 1 unspecified atom stereocenters. The van der Waals surface area contributed by atoms with E-state index in [0.717, 1.165) is 17.0 Å². The van der Waals surface area contributed by atoms with Crippen molar-refractivity contribution in [2.45, 2.75) is 13.5 Å². The molecule has 25 heavy (non-hydrogen) atoms. The number of benzene rings is 2. The van der Waals surface area contributed by atoms with Gasteiger partial charge in [-0.3, -0.25) is 4.79 Å². The van der Waals surface area contributed by atoms with Crippen LogP contribution in [0.2, 0.25) is 0 Å². The maximum atomic E-state index is 12.1. The van der Waals surface area contributed by atoms with E-state index in [4.69, 9.17) is 14.2 Å². The molecule has 2 N–H and O–H groups in total. The molecule has 1 aliphatic heterocycles. The van der Waals surface area contributed by atoms with Crippen molar-refractivity contribution < 1.29 is 19.0 Å². The first-order valence-electron chi connectivity index (χ1n) is 8.22. The van der Waals surface area contributed by atoms with Gasteiger partial charge in [-0.1, -0.05) is 19.1 Å². The van der Waals surface area contributed by atoms with Crippen LogP contribution in [0.25, 0.3) is 0 Å². The molecule has 6 heteroatoms. The van der Waals surface area contributed by atoms with Gasteiger partial charge in [0.2, 0.25) is 12.7 Å². The van der Waals surface area contributed by atoms with Crippen molar-refractivity contribution >= 4 is 11.6 Å². The lowest BCUT2D eigenvalue weighted by molar-refractivity contribution is -0.119. The molecule has 1 heterocycles. The Kier molecular flexibility index (Phi) is 5.40. The second kappa shape index (κ2) is 7.90. The van der Waals surface area contributed by atoms with E-state index < -0.39 is 0 Å². The second-order valence-corrected chi connectivity index (χ2v) is 5.95. The first kappa shape index (κ1) is 17.1. The highest BCUT2D eigenvalue weighted by molar-refractivity contribution is 5.92. The maximum absolute atomic E-state index is 12.1. The fourth-order valence-electron chi connectivity index (χ4n) is 2.54. The van der Waals surface area contributed by atoms with E-state index in [2.05, 4.69) is 10.6 Å². The standard InChI is InChI=1S/C19H22N2O4/c1-13(10-20-2)19(22)21-15-5-3-4-14(8-15)11-23-16-6-7-17-18(9-16)25-12-24-17/h3-9,13,20H,10-12H2,1-2H3,(H,21,22). The molecule has 0 fully saturated rings. The summed E-state index contributed by atoms with van der Waals surface area (Å²) < 4.78 is 16.4. The summed E-state index contributed by atoms with van der Waals surface area (Å²) in [5.41, 5.74) is 1.73. The lowest BCUT2D eigenvalue weighted by atomic mass is 10.1. The molecule has 0 saturated carbocycles. The van der Waals surface area contributed by atoms with Crippen LogP contribution < -0.4 is 24.8 Å². The van der Waals surface area contributed by atoms with Crippen LogP contribution >= 0.6 is 0 Å². The van der Waals surface area contributed by atoms with Crippen molar-refractivity contribution in [1.29, 1.82) is 0 Å². The number of rotatable bonds is 7. The van der Waals surface area contributed by atoms with Gasteiger partial charge in [-0.2, -0.15) is 0 Å². The number of carbonyl (C=O) groups is 1. The highest BCUT2D eigenvalue weighted by Gasteiger charge is 2.14.